The van der Waals surface area contributed by atoms with Gasteiger partial charge >= 0.3 is 6.09 Å². The Hall–Kier alpha value is -3.88. The van der Waals surface area contributed by atoms with Crippen molar-refractivity contribution in [1.82, 2.24) is 5.48 Å². The van der Waals surface area contributed by atoms with Crippen molar-refractivity contribution in [3.8, 4) is 5.75 Å². The van der Waals surface area contributed by atoms with Gasteiger partial charge in [-0.3, -0.25) is 15.3 Å². The van der Waals surface area contributed by atoms with Gasteiger partial charge in [0.25, 0.3) is 5.91 Å². The van der Waals surface area contributed by atoms with Gasteiger partial charge in [-0.05, 0) is 29.1 Å². The number of carbonyl (C=O) groups is 2. The maximum atomic E-state index is 13.0. The van der Waals surface area contributed by atoms with E-state index in [9.17, 15) is 9.59 Å². The highest BCUT2D eigenvalue weighted by Gasteiger charge is 2.33. The highest BCUT2D eigenvalue weighted by molar-refractivity contribution is 6.00. The number of hydrogen-bond donors (Lipinski definition) is 4. The fourth-order valence-corrected chi connectivity index (χ4v) is 3.58. The van der Waals surface area contributed by atoms with E-state index < -0.39 is 23.5 Å². The molecular weight excluding hydrogens is 436 g/mol. The summed E-state index contributed by atoms with van der Waals surface area (Å²) in [5.41, 5.74) is 1.93. The van der Waals surface area contributed by atoms with Crippen LogP contribution in [0.5, 0.6) is 5.75 Å². The molecule has 3 aromatic rings. The predicted octanol–water partition coefficient (Wildman–Crippen LogP) is 4.59. The van der Waals surface area contributed by atoms with Crippen molar-refractivity contribution in [2.75, 3.05) is 18.5 Å². The largest absolute Gasteiger partial charge is 0.491 e. The van der Waals surface area contributed by atoms with E-state index in [4.69, 9.17) is 19.8 Å². The molecule has 0 saturated carbocycles. The predicted molar refractivity (Wildman–Crippen MR) is 129 cm³/mol. The van der Waals surface area contributed by atoms with E-state index in [-0.39, 0.29) is 13.2 Å². The lowest BCUT2D eigenvalue weighted by molar-refractivity contribution is -0.124. The summed E-state index contributed by atoms with van der Waals surface area (Å²) in [5, 5.41) is 22.5. The van der Waals surface area contributed by atoms with Gasteiger partial charge in [0.15, 0.2) is 0 Å². The van der Waals surface area contributed by atoms with Crippen LogP contribution in [0.2, 0.25) is 0 Å². The van der Waals surface area contributed by atoms with Crippen LogP contribution < -0.4 is 15.5 Å². The quantitative estimate of drug-likeness (QED) is 0.209. The molecule has 0 aliphatic rings. The molecule has 8 heteroatoms. The molecule has 0 spiro atoms. The van der Waals surface area contributed by atoms with Crippen molar-refractivity contribution in [3.05, 3.63) is 84.4 Å². The first-order valence-electron chi connectivity index (χ1n) is 10.8. The summed E-state index contributed by atoms with van der Waals surface area (Å²) in [5.74, 6) is -0.199. The Morgan fingerprint density at radius 2 is 1.79 bits per heavy atom. The number of aliphatic hydroxyl groups excluding tert-OH is 1. The number of rotatable bonds is 9. The monoisotopic (exact) mass is 464 g/mol. The number of carbonyl (C=O) groups excluding carboxylic acids is 2. The van der Waals surface area contributed by atoms with Gasteiger partial charge in [0.05, 0.1) is 12.3 Å². The number of benzene rings is 3. The molecule has 0 saturated heterocycles. The van der Waals surface area contributed by atoms with Gasteiger partial charge in [0, 0.05) is 16.9 Å². The minimum Gasteiger partial charge on any atom is -0.491 e. The molecule has 2 amide bonds. The summed E-state index contributed by atoms with van der Waals surface area (Å²) in [6.45, 7) is 3.58. The summed E-state index contributed by atoms with van der Waals surface area (Å²) in [7, 11) is 0. The highest BCUT2D eigenvalue weighted by atomic mass is 16.6. The van der Waals surface area contributed by atoms with Crippen LogP contribution in [-0.2, 0) is 9.53 Å². The van der Waals surface area contributed by atoms with Crippen LogP contribution in [0.3, 0.4) is 0 Å². The molecule has 0 heterocycles. The minimum absolute atomic E-state index is 0.122. The fraction of sp³-hybridized carbons (Fsp3) is 0.231. The zero-order chi connectivity index (χ0) is 24.6. The maximum absolute atomic E-state index is 13.0. The first kappa shape index (κ1) is 24.8. The zero-order valence-electron chi connectivity index (χ0n) is 19.0. The number of fused-ring (bicyclic) bond motifs is 1. The number of hydrogen-bond acceptors (Lipinski definition) is 6. The van der Waals surface area contributed by atoms with Gasteiger partial charge in [0.2, 0.25) is 0 Å². The number of hydroxylamine groups is 1. The van der Waals surface area contributed by atoms with Crippen molar-refractivity contribution in [2.24, 2.45) is 5.41 Å². The van der Waals surface area contributed by atoms with E-state index in [0.29, 0.717) is 17.0 Å². The second kappa shape index (κ2) is 11.3. The van der Waals surface area contributed by atoms with Crippen LogP contribution in [0.25, 0.3) is 10.8 Å². The summed E-state index contributed by atoms with van der Waals surface area (Å²) >= 11 is 0. The molecule has 3 rings (SSSR count). The van der Waals surface area contributed by atoms with Crippen LogP contribution in [0.1, 0.15) is 25.5 Å². The van der Waals surface area contributed by atoms with Gasteiger partial charge in [-0.15, -0.1) is 0 Å². The Kier molecular flexibility index (Phi) is 8.24. The van der Waals surface area contributed by atoms with Crippen molar-refractivity contribution in [1.29, 1.82) is 0 Å². The van der Waals surface area contributed by atoms with E-state index in [2.05, 4.69) is 5.32 Å². The Morgan fingerprint density at radius 1 is 1.06 bits per heavy atom. The lowest BCUT2D eigenvalue weighted by Gasteiger charge is -2.32. The molecule has 0 bridgehead atoms. The lowest BCUT2D eigenvalue weighted by Crippen LogP contribution is -2.28. The second-order valence-corrected chi connectivity index (χ2v) is 8.21. The van der Waals surface area contributed by atoms with Crippen LogP contribution in [-0.4, -0.2) is 35.5 Å². The molecule has 1 atom stereocenters. The van der Waals surface area contributed by atoms with E-state index in [1.807, 2.05) is 36.4 Å². The lowest BCUT2D eigenvalue weighted by atomic mass is 9.82. The Labute approximate surface area is 197 Å². The van der Waals surface area contributed by atoms with Crippen LogP contribution in [0, 0.1) is 5.41 Å². The van der Waals surface area contributed by atoms with Crippen LogP contribution in [0.15, 0.2) is 78.9 Å². The standard InChI is InChI=1S/C26H28N2O6/c1-26(2,14-13-23(30)28-32)24(19-9-5-10-20(17-19)33-16-15-29)34-25(31)27-22-12-6-8-18-7-3-4-11-21(18)22/h3-14,17,24,29,32H,15-16H2,1-2H3,(H,27,31)(H,28,30)/b14-13+/t24-/m0/s1. The molecule has 8 nitrogen and oxygen atoms in total. The van der Waals surface area contributed by atoms with Crippen LogP contribution in [0.4, 0.5) is 10.5 Å². The normalized spacial score (nSPS) is 12.4. The molecule has 0 aromatic heterocycles. The number of ether oxygens (including phenoxy) is 2. The summed E-state index contributed by atoms with van der Waals surface area (Å²) in [6.07, 6.45) is 1.24. The third-order valence-electron chi connectivity index (χ3n) is 5.22. The van der Waals surface area contributed by atoms with Crippen molar-refractivity contribution in [2.45, 2.75) is 20.0 Å². The molecule has 0 fully saturated rings. The van der Waals surface area contributed by atoms with E-state index in [0.717, 1.165) is 10.8 Å². The van der Waals surface area contributed by atoms with E-state index in [1.165, 1.54) is 6.08 Å². The van der Waals surface area contributed by atoms with E-state index >= 15 is 0 Å². The molecule has 4 N–H and O–H groups in total. The molecule has 0 aliphatic carbocycles. The number of amides is 2. The Bertz CT molecular complexity index is 1170. The van der Waals surface area contributed by atoms with Gasteiger partial charge in [-0.1, -0.05) is 68.5 Å². The van der Waals surface area contributed by atoms with Crippen molar-refractivity contribution in [3.63, 3.8) is 0 Å². The number of anilines is 1. The SMILES string of the molecule is CC(C)(/C=C/C(=O)NO)[C@@H](OC(=O)Nc1cccc2ccccc12)c1cccc(OCCO)c1. The van der Waals surface area contributed by atoms with E-state index in [1.54, 1.807) is 55.7 Å². The van der Waals surface area contributed by atoms with Crippen LogP contribution >= 0.6 is 0 Å². The number of aliphatic hydroxyl groups is 1. The molecule has 0 aliphatic heterocycles. The molecule has 34 heavy (non-hydrogen) atoms. The summed E-state index contributed by atoms with van der Waals surface area (Å²) in [6, 6.07) is 20.2. The van der Waals surface area contributed by atoms with Gasteiger partial charge in [0.1, 0.15) is 18.5 Å². The summed E-state index contributed by atoms with van der Waals surface area (Å²) in [4.78, 5) is 24.6. The smallest absolute Gasteiger partial charge is 0.412 e. The first-order chi connectivity index (χ1) is 16.3. The van der Waals surface area contributed by atoms with Gasteiger partial charge in [-0.25, -0.2) is 10.3 Å². The molecular formula is C26H28N2O6. The molecule has 178 valence electrons. The molecule has 0 unspecified atom stereocenters. The minimum atomic E-state index is -0.849. The topological polar surface area (TPSA) is 117 Å². The molecule has 3 aromatic carbocycles. The maximum Gasteiger partial charge on any atom is 0.412 e. The number of nitrogens with one attached hydrogen (secondary N) is 2. The van der Waals surface area contributed by atoms with Crippen molar-refractivity contribution < 1.29 is 29.4 Å². The Morgan fingerprint density at radius 3 is 2.56 bits per heavy atom. The fourth-order valence-electron chi connectivity index (χ4n) is 3.58. The Balaban J connectivity index is 1.91. The van der Waals surface area contributed by atoms with Crippen molar-refractivity contribution >= 4 is 28.5 Å². The van der Waals surface area contributed by atoms with Gasteiger partial charge in [-0.2, -0.15) is 0 Å². The average Bonchev–Trinajstić information content (AvgIpc) is 2.85. The third-order valence-corrected chi connectivity index (χ3v) is 5.22. The summed E-state index contributed by atoms with van der Waals surface area (Å²) < 4.78 is 11.4. The second-order valence-electron chi connectivity index (χ2n) is 8.21. The average molecular weight is 465 g/mol. The van der Waals surface area contributed by atoms with Gasteiger partial charge < -0.3 is 14.6 Å². The first-order valence-corrected chi connectivity index (χ1v) is 10.8. The third kappa shape index (κ3) is 6.34. The molecule has 0 radical (unpaired) electrons. The zero-order valence-corrected chi connectivity index (χ0v) is 19.0. The highest BCUT2D eigenvalue weighted by Crippen LogP contribution is 2.39.